The molecule has 1 nitrogen and oxygen atoms in total. The molecule has 0 aromatic carbocycles. The number of ether oxygens (including phenoxy) is 1. The summed E-state index contributed by atoms with van der Waals surface area (Å²) >= 11 is 0. The summed E-state index contributed by atoms with van der Waals surface area (Å²) in [7, 11) is 0. The zero-order chi connectivity index (χ0) is 11.2. The molecule has 1 heteroatoms. The Morgan fingerprint density at radius 1 is 0.929 bits per heavy atom. The van der Waals surface area contributed by atoms with Crippen LogP contribution in [0.5, 0.6) is 0 Å². The second-order valence-corrected chi connectivity index (χ2v) is 5.99. The number of hydrogen-bond donors (Lipinski definition) is 0. The van der Waals surface area contributed by atoms with Crippen LogP contribution >= 0.6 is 0 Å². The molecule has 0 unspecified atom stereocenters. The van der Waals surface area contributed by atoms with Crippen molar-refractivity contribution in [2.24, 2.45) is 5.41 Å². The third-order valence-corrected chi connectivity index (χ3v) is 1.84. The number of allylic oxidation sites excluding steroid dienone is 1. The van der Waals surface area contributed by atoms with Gasteiger partial charge in [0, 0.05) is 0 Å². The van der Waals surface area contributed by atoms with Gasteiger partial charge in [-0.15, -0.1) is 0 Å². The van der Waals surface area contributed by atoms with E-state index in [1.165, 1.54) is 6.42 Å². The van der Waals surface area contributed by atoms with Crippen molar-refractivity contribution in [3.63, 3.8) is 0 Å². The van der Waals surface area contributed by atoms with Gasteiger partial charge in [-0.05, 0) is 39.0 Å². The molecule has 0 heterocycles. The van der Waals surface area contributed by atoms with E-state index in [-0.39, 0.29) is 5.60 Å². The Kier molecular flexibility index (Phi) is 5.43. The molecule has 0 saturated heterocycles. The fraction of sp³-hybridized carbons (Fsp3) is 0.846. The summed E-state index contributed by atoms with van der Waals surface area (Å²) in [6.45, 7) is 13.8. The fourth-order valence-electron chi connectivity index (χ4n) is 1.00. The molecule has 0 bridgehead atoms. The van der Waals surface area contributed by atoms with Crippen molar-refractivity contribution in [3.05, 3.63) is 12.2 Å². The summed E-state index contributed by atoms with van der Waals surface area (Å²) in [5.41, 5.74) is 0.420. The lowest BCUT2D eigenvalue weighted by Crippen LogP contribution is -2.18. The smallest absolute Gasteiger partial charge is 0.0654 e. The van der Waals surface area contributed by atoms with Gasteiger partial charge in [0.05, 0.1) is 12.2 Å². The van der Waals surface area contributed by atoms with E-state index >= 15 is 0 Å². The first-order chi connectivity index (χ1) is 6.21. The molecule has 0 aliphatic carbocycles. The lowest BCUT2D eigenvalue weighted by atomic mass is 9.90. The average molecular weight is 198 g/mol. The Morgan fingerprint density at radius 2 is 1.50 bits per heavy atom. The van der Waals surface area contributed by atoms with Crippen LogP contribution in [0.4, 0.5) is 0 Å². The summed E-state index contributed by atoms with van der Waals surface area (Å²) < 4.78 is 5.57. The molecule has 14 heavy (non-hydrogen) atoms. The molecule has 0 N–H and O–H groups in total. The van der Waals surface area contributed by atoms with Crippen LogP contribution < -0.4 is 0 Å². The molecule has 0 aromatic rings. The van der Waals surface area contributed by atoms with E-state index < -0.39 is 0 Å². The lowest BCUT2D eigenvalue weighted by Gasteiger charge is -2.18. The van der Waals surface area contributed by atoms with Gasteiger partial charge in [0.25, 0.3) is 0 Å². The monoisotopic (exact) mass is 198 g/mol. The Hall–Kier alpha value is -0.300. The maximum absolute atomic E-state index is 5.57. The predicted molar refractivity (Wildman–Crippen MR) is 63.5 cm³/mol. The molecule has 0 aliphatic rings. The summed E-state index contributed by atoms with van der Waals surface area (Å²) in [6.07, 6.45) is 6.73. The maximum Gasteiger partial charge on any atom is 0.0654 e. The van der Waals surface area contributed by atoms with E-state index in [2.05, 4.69) is 53.7 Å². The van der Waals surface area contributed by atoms with Crippen LogP contribution in [-0.4, -0.2) is 12.2 Å². The van der Waals surface area contributed by atoms with E-state index in [0.717, 1.165) is 13.0 Å². The van der Waals surface area contributed by atoms with Gasteiger partial charge in [0.15, 0.2) is 0 Å². The minimum atomic E-state index is -0.0195. The van der Waals surface area contributed by atoms with Crippen molar-refractivity contribution < 1.29 is 4.74 Å². The molecule has 0 rings (SSSR count). The standard InChI is InChI=1S/C13H26O/c1-12(2,3)10-8-7-9-11-14-13(4,5)6/h7,9H,8,10-11H2,1-6H3/b9-7+. The van der Waals surface area contributed by atoms with Gasteiger partial charge in [0.2, 0.25) is 0 Å². The lowest BCUT2D eigenvalue weighted by molar-refractivity contribution is 0.0149. The highest BCUT2D eigenvalue weighted by molar-refractivity contribution is 4.83. The first-order valence-electron chi connectivity index (χ1n) is 5.50. The van der Waals surface area contributed by atoms with Crippen LogP contribution in [0.3, 0.4) is 0 Å². The summed E-state index contributed by atoms with van der Waals surface area (Å²) in [4.78, 5) is 0. The molecule has 84 valence electrons. The van der Waals surface area contributed by atoms with Crippen molar-refractivity contribution in [2.45, 2.75) is 60.0 Å². The van der Waals surface area contributed by atoms with Gasteiger partial charge in [-0.1, -0.05) is 32.9 Å². The van der Waals surface area contributed by atoms with E-state index in [0.29, 0.717) is 5.41 Å². The summed E-state index contributed by atoms with van der Waals surface area (Å²) in [5, 5.41) is 0. The normalized spacial score (nSPS) is 13.9. The molecule has 0 saturated carbocycles. The largest absolute Gasteiger partial charge is 0.372 e. The Morgan fingerprint density at radius 3 is 1.93 bits per heavy atom. The molecule has 0 amide bonds. The van der Waals surface area contributed by atoms with Gasteiger partial charge in [-0.25, -0.2) is 0 Å². The van der Waals surface area contributed by atoms with Gasteiger partial charge < -0.3 is 4.74 Å². The molecule has 0 radical (unpaired) electrons. The van der Waals surface area contributed by atoms with Crippen molar-refractivity contribution >= 4 is 0 Å². The predicted octanol–water partition coefficient (Wildman–Crippen LogP) is 4.18. The third kappa shape index (κ3) is 11.7. The molecule has 0 aromatic heterocycles. The van der Waals surface area contributed by atoms with E-state index in [1.54, 1.807) is 0 Å². The zero-order valence-electron chi connectivity index (χ0n) is 10.7. The van der Waals surface area contributed by atoms with Crippen LogP contribution in [0.25, 0.3) is 0 Å². The van der Waals surface area contributed by atoms with Gasteiger partial charge in [-0.3, -0.25) is 0 Å². The number of rotatable bonds is 4. The fourth-order valence-corrected chi connectivity index (χ4v) is 1.00. The third-order valence-electron chi connectivity index (χ3n) is 1.84. The van der Waals surface area contributed by atoms with Crippen LogP contribution in [0, 0.1) is 5.41 Å². The molecule has 0 fully saturated rings. The summed E-state index contributed by atoms with van der Waals surface area (Å²) in [6, 6.07) is 0. The van der Waals surface area contributed by atoms with Crippen molar-refractivity contribution in [3.8, 4) is 0 Å². The first kappa shape index (κ1) is 13.7. The second kappa shape index (κ2) is 5.55. The first-order valence-corrected chi connectivity index (χ1v) is 5.50. The van der Waals surface area contributed by atoms with E-state index in [1.807, 2.05) is 0 Å². The Bertz CT molecular complexity index is 147. The van der Waals surface area contributed by atoms with Gasteiger partial charge >= 0.3 is 0 Å². The molecular weight excluding hydrogens is 172 g/mol. The minimum absolute atomic E-state index is 0.0195. The van der Waals surface area contributed by atoms with Crippen LogP contribution in [0.15, 0.2) is 12.2 Å². The number of hydrogen-bond acceptors (Lipinski definition) is 1. The van der Waals surface area contributed by atoms with Gasteiger partial charge in [0.1, 0.15) is 0 Å². The van der Waals surface area contributed by atoms with E-state index in [9.17, 15) is 0 Å². The molecule has 0 atom stereocenters. The quantitative estimate of drug-likeness (QED) is 0.616. The van der Waals surface area contributed by atoms with Crippen molar-refractivity contribution in [2.75, 3.05) is 6.61 Å². The molecule has 0 spiro atoms. The highest BCUT2D eigenvalue weighted by Gasteiger charge is 2.08. The Balaban J connectivity index is 3.47. The average Bonchev–Trinajstić information content (AvgIpc) is 1.92. The highest BCUT2D eigenvalue weighted by atomic mass is 16.5. The Labute approximate surface area is 89.5 Å². The molecule has 0 aliphatic heterocycles. The topological polar surface area (TPSA) is 9.23 Å². The van der Waals surface area contributed by atoms with Crippen molar-refractivity contribution in [1.29, 1.82) is 0 Å². The van der Waals surface area contributed by atoms with Gasteiger partial charge in [-0.2, -0.15) is 0 Å². The van der Waals surface area contributed by atoms with Crippen LogP contribution in [0.2, 0.25) is 0 Å². The molecular formula is C13H26O. The van der Waals surface area contributed by atoms with Crippen LogP contribution in [0.1, 0.15) is 54.4 Å². The SMILES string of the molecule is CC(C)(C)CC/C=C/COC(C)(C)C. The highest BCUT2D eigenvalue weighted by Crippen LogP contribution is 2.20. The summed E-state index contributed by atoms with van der Waals surface area (Å²) in [5.74, 6) is 0. The maximum atomic E-state index is 5.57. The van der Waals surface area contributed by atoms with Crippen molar-refractivity contribution in [1.82, 2.24) is 0 Å². The van der Waals surface area contributed by atoms with E-state index in [4.69, 9.17) is 4.74 Å². The second-order valence-electron chi connectivity index (χ2n) is 5.99. The minimum Gasteiger partial charge on any atom is -0.372 e. The zero-order valence-corrected chi connectivity index (χ0v) is 10.7. The van der Waals surface area contributed by atoms with Crippen LogP contribution in [-0.2, 0) is 4.74 Å².